The molecule has 0 spiro atoms. The van der Waals surface area contributed by atoms with Crippen molar-refractivity contribution in [2.45, 2.75) is 13.8 Å². The summed E-state index contributed by atoms with van der Waals surface area (Å²) in [7, 11) is 4.02. The zero-order chi connectivity index (χ0) is 18.7. The van der Waals surface area contributed by atoms with Gasteiger partial charge in [0.1, 0.15) is 0 Å². The van der Waals surface area contributed by atoms with E-state index in [9.17, 15) is 4.79 Å². The van der Waals surface area contributed by atoms with Gasteiger partial charge in [-0.05, 0) is 61.0 Å². The number of amidine groups is 1. The van der Waals surface area contributed by atoms with Gasteiger partial charge in [-0.15, -0.1) is 0 Å². The lowest BCUT2D eigenvalue weighted by Gasteiger charge is -2.17. The molecule has 0 radical (unpaired) electrons. The number of rotatable bonds is 4. The third-order valence-electron chi connectivity index (χ3n) is 4.16. The fraction of sp³-hybridized carbons (Fsp3) is 0.238. The van der Waals surface area contributed by atoms with Crippen molar-refractivity contribution in [2.75, 3.05) is 30.4 Å². The van der Waals surface area contributed by atoms with E-state index in [1.54, 1.807) is 4.90 Å². The van der Waals surface area contributed by atoms with Crippen LogP contribution in [0, 0.1) is 6.92 Å². The fourth-order valence-corrected chi connectivity index (χ4v) is 3.80. The number of para-hydroxylation sites is 1. The molecule has 0 saturated carbocycles. The molecule has 3 rings (SSSR count). The number of amides is 1. The maximum atomic E-state index is 13.1. The number of benzene rings is 2. The van der Waals surface area contributed by atoms with Gasteiger partial charge in [0.05, 0.1) is 10.6 Å². The molecule has 0 atom stereocenters. The van der Waals surface area contributed by atoms with E-state index < -0.39 is 0 Å². The maximum Gasteiger partial charge on any atom is 0.271 e. The maximum absolute atomic E-state index is 13.1. The number of aryl methyl sites for hydroxylation is 1. The van der Waals surface area contributed by atoms with Gasteiger partial charge in [-0.1, -0.05) is 30.3 Å². The average Bonchev–Trinajstić information content (AvgIpc) is 2.92. The van der Waals surface area contributed by atoms with Crippen LogP contribution >= 0.6 is 11.8 Å². The summed E-state index contributed by atoms with van der Waals surface area (Å²) in [6.07, 6.45) is 1.94. The van der Waals surface area contributed by atoms with E-state index in [0.29, 0.717) is 11.4 Å². The molecular formula is C21H23N3OS. The predicted octanol–water partition coefficient (Wildman–Crippen LogP) is 4.56. The van der Waals surface area contributed by atoms with E-state index in [4.69, 9.17) is 0 Å². The number of aliphatic imine (C=N–C) groups is 1. The third kappa shape index (κ3) is 3.68. The molecule has 1 amide bonds. The van der Waals surface area contributed by atoms with Crippen LogP contribution in [-0.4, -0.2) is 31.7 Å². The highest BCUT2D eigenvalue weighted by Crippen LogP contribution is 2.37. The smallest absolute Gasteiger partial charge is 0.271 e. The molecule has 0 aliphatic carbocycles. The topological polar surface area (TPSA) is 35.9 Å². The lowest BCUT2D eigenvalue weighted by Crippen LogP contribution is -2.29. The van der Waals surface area contributed by atoms with Gasteiger partial charge in [0, 0.05) is 26.3 Å². The van der Waals surface area contributed by atoms with Crippen LogP contribution in [0.4, 0.5) is 11.4 Å². The van der Waals surface area contributed by atoms with Crippen LogP contribution in [-0.2, 0) is 4.79 Å². The Hall–Kier alpha value is -2.53. The Morgan fingerprint density at radius 2 is 1.81 bits per heavy atom. The molecule has 1 aliphatic rings. The monoisotopic (exact) mass is 365 g/mol. The molecule has 1 aliphatic heterocycles. The molecule has 2 aromatic carbocycles. The van der Waals surface area contributed by atoms with Crippen molar-refractivity contribution in [1.82, 2.24) is 0 Å². The molecule has 1 saturated heterocycles. The van der Waals surface area contributed by atoms with Crippen molar-refractivity contribution < 1.29 is 4.79 Å². The molecule has 1 heterocycles. The zero-order valence-electron chi connectivity index (χ0n) is 15.6. The minimum absolute atomic E-state index is 0.0202. The standard InChI is InChI=1S/C21H23N3OS/c1-5-22-21-24(18-9-7-6-8-15(18)2)20(25)19(26-21)14-16-10-12-17(13-11-16)23(3)4/h6-14H,5H2,1-4H3. The van der Waals surface area contributed by atoms with Crippen molar-refractivity contribution in [1.29, 1.82) is 0 Å². The number of thioether (sulfide) groups is 1. The molecule has 0 bridgehead atoms. The Bertz CT molecular complexity index is 869. The summed E-state index contributed by atoms with van der Waals surface area (Å²) < 4.78 is 0. The Morgan fingerprint density at radius 1 is 1.12 bits per heavy atom. The molecule has 0 N–H and O–H groups in total. The summed E-state index contributed by atoms with van der Waals surface area (Å²) in [6.45, 7) is 4.64. The Morgan fingerprint density at radius 3 is 2.42 bits per heavy atom. The Kier molecular flexibility index (Phi) is 5.47. The summed E-state index contributed by atoms with van der Waals surface area (Å²) >= 11 is 1.44. The number of carbonyl (C=O) groups excluding carboxylic acids is 1. The van der Waals surface area contributed by atoms with Crippen molar-refractivity contribution >= 4 is 40.3 Å². The lowest BCUT2D eigenvalue weighted by atomic mass is 10.1. The highest BCUT2D eigenvalue weighted by Gasteiger charge is 2.35. The van der Waals surface area contributed by atoms with Crippen LogP contribution < -0.4 is 9.80 Å². The lowest BCUT2D eigenvalue weighted by molar-refractivity contribution is -0.113. The fourth-order valence-electron chi connectivity index (χ4n) is 2.76. The number of nitrogens with zero attached hydrogens (tertiary/aromatic N) is 3. The minimum atomic E-state index is -0.0202. The van der Waals surface area contributed by atoms with Gasteiger partial charge < -0.3 is 4.90 Å². The molecular weight excluding hydrogens is 342 g/mol. The SMILES string of the molecule is CCN=C1SC(=Cc2ccc(N(C)C)cc2)C(=O)N1c1ccccc1C. The van der Waals surface area contributed by atoms with Gasteiger partial charge >= 0.3 is 0 Å². The van der Waals surface area contributed by atoms with E-state index in [1.165, 1.54) is 11.8 Å². The van der Waals surface area contributed by atoms with Crippen molar-refractivity contribution in [3.8, 4) is 0 Å². The quantitative estimate of drug-likeness (QED) is 0.745. The molecule has 4 nitrogen and oxygen atoms in total. The first-order valence-corrected chi connectivity index (χ1v) is 9.44. The van der Waals surface area contributed by atoms with Crippen LogP contribution in [0.15, 0.2) is 58.4 Å². The number of hydrogen-bond acceptors (Lipinski definition) is 4. The van der Waals surface area contributed by atoms with Crippen molar-refractivity contribution in [3.05, 3.63) is 64.6 Å². The third-order valence-corrected chi connectivity index (χ3v) is 5.17. The van der Waals surface area contributed by atoms with E-state index in [0.717, 1.165) is 27.7 Å². The number of carbonyl (C=O) groups is 1. The average molecular weight is 366 g/mol. The second-order valence-corrected chi connectivity index (χ2v) is 7.29. The Labute approximate surface area is 159 Å². The molecule has 0 unspecified atom stereocenters. The van der Waals surface area contributed by atoms with Gasteiger partial charge in [-0.3, -0.25) is 14.7 Å². The zero-order valence-corrected chi connectivity index (χ0v) is 16.4. The van der Waals surface area contributed by atoms with Crippen LogP contribution in [0.2, 0.25) is 0 Å². The van der Waals surface area contributed by atoms with Gasteiger partial charge in [0.15, 0.2) is 5.17 Å². The van der Waals surface area contributed by atoms with E-state index in [1.807, 2.05) is 70.4 Å². The summed E-state index contributed by atoms with van der Waals surface area (Å²) in [5.74, 6) is -0.0202. The van der Waals surface area contributed by atoms with Crippen LogP contribution in [0.25, 0.3) is 6.08 Å². The predicted molar refractivity (Wildman–Crippen MR) is 113 cm³/mol. The summed E-state index contributed by atoms with van der Waals surface area (Å²) in [4.78, 5) is 22.1. The van der Waals surface area contributed by atoms with Gasteiger partial charge in [-0.25, -0.2) is 0 Å². The second-order valence-electron chi connectivity index (χ2n) is 6.28. The second kappa shape index (κ2) is 7.79. The van der Waals surface area contributed by atoms with Crippen molar-refractivity contribution in [3.63, 3.8) is 0 Å². The number of hydrogen-bond donors (Lipinski definition) is 0. The van der Waals surface area contributed by atoms with E-state index >= 15 is 0 Å². The molecule has 1 fully saturated rings. The largest absolute Gasteiger partial charge is 0.378 e. The van der Waals surface area contributed by atoms with Crippen molar-refractivity contribution in [2.24, 2.45) is 4.99 Å². The summed E-state index contributed by atoms with van der Waals surface area (Å²) in [5, 5.41) is 0.739. The molecule has 0 aromatic heterocycles. The first-order chi connectivity index (χ1) is 12.5. The minimum Gasteiger partial charge on any atom is -0.378 e. The highest BCUT2D eigenvalue weighted by molar-refractivity contribution is 8.19. The molecule has 2 aromatic rings. The number of anilines is 2. The molecule has 26 heavy (non-hydrogen) atoms. The van der Waals surface area contributed by atoms with E-state index in [2.05, 4.69) is 22.0 Å². The first-order valence-electron chi connectivity index (χ1n) is 8.62. The first kappa shape index (κ1) is 18.3. The Balaban J connectivity index is 1.96. The van der Waals surface area contributed by atoms with Crippen LogP contribution in [0.5, 0.6) is 0 Å². The van der Waals surface area contributed by atoms with Gasteiger partial charge in [-0.2, -0.15) is 0 Å². The van der Waals surface area contributed by atoms with Crippen LogP contribution in [0.1, 0.15) is 18.1 Å². The van der Waals surface area contributed by atoms with Crippen LogP contribution in [0.3, 0.4) is 0 Å². The molecule has 5 heteroatoms. The summed E-state index contributed by atoms with van der Waals surface area (Å²) in [6, 6.07) is 16.1. The molecule has 134 valence electrons. The van der Waals surface area contributed by atoms with E-state index in [-0.39, 0.29) is 5.91 Å². The van der Waals surface area contributed by atoms with Gasteiger partial charge in [0.25, 0.3) is 5.91 Å². The summed E-state index contributed by atoms with van der Waals surface area (Å²) in [5.41, 5.74) is 4.09. The van der Waals surface area contributed by atoms with Gasteiger partial charge in [0.2, 0.25) is 0 Å². The highest BCUT2D eigenvalue weighted by atomic mass is 32.2. The normalized spacial score (nSPS) is 17.4.